The summed E-state index contributed by atoms with van der Waals surface area (Å²) in [6.07, 6.45) is 1.59. The van der Waals surface area contributed by atoms with Crippen molar-refractivity contribution in [2.45, 2.75) is 9.79 Å². The molecular formula is C20H11N2O6S2-. The molecule has 0 fully saturated rings. The van der Waals surface area contributed by atoms with E-state index in [1.54, 1.807) is 12.3 Å². The number of hydrogen-bond acceptors (Lipinski definition) is 7. The van der Waals surface area contributed by atoms with E-state index in [1.807, 2.05) is 24.3 Å². The molecule has 0 saturated heterocycles. The lowest BCUT2D eigenvalue weighted by molar-refractivity contribution is 0.482. The average Bonchev–Trinajstić information content (AvgIpc) is 3.16. The van der Waals surface area contributed by atoms with Gasteiger partial charge in [0.2, 0.25) is 5.89 Å². The first-order valence-corrected chi connectivity index (χ1v) is 11.1. The molecule has 0 aliphatic rings. The first kappa shape index (κ1) is 18.8. The quantitative estimate of drug-likeness (QED) is 0.332. The molecule has 1 N–H and O–H groups in total. The van der Waals surface area contributed by atoms with Gasteiger partial charge in [0.15, 0.2) is 5.58 Å². The zero-order valence-corrected chi connectivity index (χ0v) is 16.6. The summed E-state index contributed by atoms with van der Waals surface area (Å²) in [6, 6.07) is 14.4. The second kappa shape index (κ2) is 6.67. The Balaban J connectivity index is 1.89. The van der Waals surface area contributed by atoms with E-state index in [2.05, 4.69) is 9.97 Å². The smallest absolute Gasteiger partial charge is 0.298 e. The van der Waals surface area contributed by atoms with Crippen molar-refractivity contribution in [1.29, 1.82) is 0 Å². The summed E-state index contributed by atoms with van der Waals surface area (Å²) in [5.74, 6) is 0.150. The highest BCUT2D eigenvalue weighted by Crippen LogP contribution is 2.36. The van der Waals surface area contributed by atoms with Gasteiger partial charge in [0, 0.05) is 27.4 Å². The molecule has 30 heavy (non-hydrogen) atoms. The van der Waals surface area contributed by atoms with E-state index in [0.29, 0.717) is 16.5 Å². The predicted molar refractivity (Wildman–Crippen MR) is 109 cm³/mol. The van der Waals surface area contributed by atoms with Crippen LogP contribution in [0.1, 0.15) is 0 Å². The van der Waals surface area contributed by atoms with Gasteiger partial charge in [-0.15, -0.1) is 0 Å². The van der Waals surface area contributed by atoms with Gasteiger partial charge < -0.3 is 8.97 Å². The first-order chi connectivity index (χ1) is 14.3. The van der Waals surface area contributed by atoms with Gasteiger partial charge in [0.25, 0.3) is 10.1 Å². The summed E-state index contributed by atoms with van der Waals surface area (Å²) in [6.45, 7) is 0. The Labute approximate surface area is 172 Å². The Hall–Kier alpha value is -3.18. The minimum Gasteiger partial charge on any atom is -0.768 e. The predicted octanol–water partition coefficient (Wildman–Crippen LogP) is 3.68. The number of nitrogens with zero attached hydrogens (tertiary/aromatic N) is 2. The average molecular weight is 439 g/mol. The summed E-state index contributed by atoms with van der Waals surface area (Å²) >= 11 is -2.50. The molecule has 0 saturated carbocycles. The third-order valence-corrected chi connectivity index (χ3v) is 6.26. The van der Waals surface area contributed by atoms with Gasteiger partial charge in [-0.05, 0) is 46.8 Å². The van der Waals surface area contributed by atoms with Crippen LogP contribution in [0.4, 0.5) is 0 Å². The van der Waals surface area contributed by atoms with Gasteiger partial charge in [-0.2, -0.15) is 8.42 Å². The van der Waals surface area contributed by atoms with Crippen LogP contribution in [-0.2, 0) is 21.2 Å². The van der Waals surface area contributed by atoms with Crippen LogP contribution in [0.25, 0.3) is 44.2 Å². The van der Waals surface area contributed by atoms with Gasteiger partial charge in [-0.1, -0.05) is 24.3 Å². The van der Waals surface area contributed by atoms with E-state index in [1.165, 1.54) is 24.3 Å². The van der Waals surface area contributed by atoms with Crippen LogP contribution in [0, 0.1) is 0 Å². The largest absolute Gasteiger partial charge is 0.768 e. The van der Waals surface area contributed by atoms with Crippen molar-refractivity contribution in [1.82, 2.24) is 9.97 Å². The van der Waals surface area contributed by atoms with Crippen LogP contribution in [0.5, 0.6) is 0 Å². The fourth-order valence-corrected chi connectivity index (χ4v) is 4.50. The van der Waals surface area contributed by atoms with Crippen molar-refractivity contribution in [3.63, 3.8) is 0 Å². The molecule has 2 aromatic heterocycles. The van der Waals surface area contributed by atoms with Crippen LogP contribution in [0.3, 0.4) is 0 Å². The molecule has 0 spiro atoms. The van der Waals surface area contributed by atoms with Gasteiger partial charge in [-0.3, -0.25) is 13.7 Å². The molecule has 5 rings (SSSR count). The zero-order valence-electron chi connectivity index (χ0n) is 15.0. The number of aromatic nitrogens is 2. The number of pyridine rings is 1. The Bertz CT molecular complexity index is 1600. The Morgan fingerprint density at radius 2 is 1.83 bits per heavy atom. The van der Waals surface area contributed by atoms with Crippen LogP contribution < -0.4 is 0 Å². The minimum absolute atomic E-state index is 0.0213. The lowest BCUT2D eigenvalue weighted by Gasteiger charge is -2.07. The minimum atomic E-state index is -4.67. The second-order valence-corrected chi connectivity index (χ2v) is 8.87. The van der Waals surface area contributed by atoms with E-state index < -0.39 is 26.1 Å². The molecule has 0 amide bonds. The Morgan fingerprint density at radius 1 is 1.03 bits per heavy atom. The highest BCUT2D eigenvalue weighted by atomic mass is 32.2. The van der Waals surface area contributed by atoms with Gasteiger partial charge in [-0.25, -0.2) is 4.98 Å². The summed E-state index contributed by atoms with van der Waals surface area (Å²) in [5, 5.41) is 1.53. The SMILES string of the molecule is O=S([O-])c1ccc2c(c1)cc(S(=O)(=O)O)c1oc(-c3ccnc4ccccc34)nc12. The zero-order chi connectivity index (χ0) is 21.0. The fourth-order valence-electron chi connectivity index (χ4n) is 3.45. The molecule has 2 heterocycles. The van der Waals surface area contributed by atoms with Crippen LogP contribution in [-0.4, -0.2) is 31.7 Å². The second-order valence-electron chi connectivity index (χ2n) is 6.54. The first-order valence-electron chi connectivity index (χ1n) is 8.61. The number of rotatable bonds is 3. The highest BCUT2D eigenvalue weighted by molar-refractivity contribution is 7.86. The van der Waals surface area contributed by atoms with Crippen molar-refractivity contribution in [2.75, 3.05) is 0 Å². The van der Waals surface area contributed by atoms with Crippen LogP contribution in [0.15, 0.2) is 75.0 Å². The molecule has 5 aromatic rings. The van der Waals surface area contributed by atoms with Crippen LogP contribution in [0.2, 0.25) is 0 Å². The lowest BCUT2D eigenvalue weighted by atomic mass is 10.1. The molecule has 0 aliphatic heterocycles. The van der Waals surface area contributed by atoms with E-state index in [4.69, 9.17) is 4.42 Å². The number of fused-ring (bicyclic) bond motifs is 4. The fraction of sp³-hybridized carbons (Fsp3) is 0. The third kappa shape index (κ3) is 2.97. The summed E-state index contributed by atoms with van der Waals surface area (Å²) < 4.78 is 62.1. The normalized spacial score (nSPS) is 13.3. The van der Waals surface area contributed by atoms with Gasteiger partial charge in [0.05, 0.1) is 5.52 Å². The number of oxazole rings is 1. The van der Waals surface area contributed by atoms with E-state index in [-0.39, 0.29) is 27.3 Å². The molecule has 10 heteroatoms. The summed E-state index contributed by atoms with van der Waals surface area (Å²) in [4.78, 5) is 8.27. The van der Waals surface area contributed by atoms with Crippen LogP contribution >= 0.6 is 0 Å². The molecule has 8 nitrogen and oxygen atoms in total. The Morgan fingerprint density at radius 3 is 2.60 bits per heavy atom. The summed E-state index contributed by atoms with van der Waals surface area (Å²) in [5.41, 5.74) is 1.39. The number of para-hydroxylation sites is 1. The number of benzene rings is 3. The molecule has 0 radical (unpaired) electrons. The van der Waals surface area contributed by atoms with E-state index in [0.717, 1.165) is 5.39 Å². The lowest BCUT2D eigenvalue weighted by Crippen LogP contribution is -1.99. The molecule has 0 bridgehead atoms. The number of hydrogen-bond donors (Lipinski definition) is 1. The van der Waals surface area contributed by atoms with Gasteiger partial charge >= 0.3 is 0 Å². The van der Waals surface area contributed by atoms with Gasteiger partial charge in [0.1, 0.15) is 10.4 Å². The molecule has 3 aromatic carbocycles. The molecule has 150 valence electrons. The Kier molecular flexibility index (Phi) is 4.19. The maximum absolute atomic E-state index is 12.0. The monoisotopic (exact) mass is 439 g/mol. The molecule has 1 atom stereocenters. The maximum atomic E-state index is 12.0. The molecule has 0 aliphatic carbocycles. The third-order valence-electron chi connectivity index (χ3n) is 4.77. The van der Waals surface area contributed by atoms with Crippen molar-refractivity contribution in [3.05, 3.63) is 60.8 Å². The summed E-state index contributed by atoms with van der Waals surface area (Å²) in [7, 11) is -4.67. The van der Waals surface area contributed by atoms with E-state index in [9.17, 15) is 21.7 Å². The molecule has 1 unspecified atom stereocenters. The molecular weight excluding hydrogens is 428 g/mol. The topological polar surface area (TPSA) is 133 Å². The van der Waals surface area contributed by atoms with Crippen molar-refractivity contribution < 1.29 is 26.1 Å². The van der Waals surface area contributed by atoms with Crippen molar-refractivity contribution >= 4 is 54.0 Å². The standard InChI is InChI=1S/C20H12N2O6S2/c23-29(24)12-5-6-13-11(9-12)10-17(30(25,26)27)19-18(13)22-20(28-19)15-7-8-21-16-4-2-1-3-14(15)16/h1-10H,(H,23,24)(H,25,26,27)/p-1. The van der Waals surface area contributed by atoms with Crippen molar-refractivity contribution in [2.24, 2.45) is 0 Å². The maximum Gasteiger partial charge on any atom is 0.298 e. The van der Waals surface area contributed by atoms with Crippen molar-refractivity contribution in [3.8, 4) is 11.5 Å². The highest BCUT2D eigenvalue weighted by Gasteiger charge is 2.23. The van der Waals surface area contributed by atoms with E-state index >= 15 is 0 Å².